The van der Waals surface area contributed by atoms with Gasteiger partial charge in [0.25, 0.3) is 11.5 Å². The first-order valence-electron chi connectivity index (χ1n) is 9.34. The summed E-state index contributed by atoms with van der Waals surface area (Å²) in [4.78, 5) is 27.4. The van der Waals surface area contributed by atoms with Crippen molar-refractivity contribution >= 4 is 5.91 Å². The van der Waals surface area contributed by atoms with Crippen molar-refractivity contribution in [1.82, 2.24) is 14.7 Å². The molecule has 0 atom stereocenters. The number of ether oxygens (including phenoxy) is 3. The van der Waals surface area contributed by atoms with Crippen LogP contribution in [0, 0.1) is 6.92 Å². The van der Waals surface area contributed by atoms with Crippen LogP contribution < -0.4 is 10.3 Å². The van der Waals surface area contributed by atoms with Gasteiger partial charge in [-0.25, -0.2) is 0 Å². The molecule has 2 saturated heterocycles. The van der Waals surface area contributed by atoms with Crippen molar-refractivity contribution < 1.29 is 19.0 Å². The van der Waals surface area contributed by atoms with E-state index in [0.29, 0.717) is 44.8 Å². The second-order valence-electron chi connectivity index (χ2n) is 7.00. The van der Waals surface area contributed by atoms with Crippen LogP contribution in [0.4, 0.5) is 0 Å². The molecule has 2 aliphatic rings. The highest BCUT2D eigenvalue weighted by atomic mass is 16.7. The lowest BCUT2D eigenvalue weighted by atomic mass is 10.0. The van der Waals surface area contributed by atoms with Crippen molar-refractivity contribution in [2.45, 2.75) is 25.6 Å². The number of aromatic nitrogens is 2. The van der Waals surface area contributed by atoms with E-state index in [0.717, 1.165) is 5.56 Å². The van der Waals surface area contributed by atoms with Gasteiger partial charge in [0.05, 0.1) is 32.1 Å². The van der Waals surface area contributed by atoms with Crippen LogP contribution in [0.15, 0.2) is 35.1 Å². The Morgan fingerprint density at radius 3 is 2.50 bits per heavy atom. The third kappa shape index (κ3) is 3.29. The number of para-hydroxylation sites is 1. The topological polar surface area (TPSA) is 82.9 Å². The summed E-state index contributed by atoms with van der Waals surface area (Å²) in [6, 6.07) is 8.70. The molecule has 0 aliphatic carbocycles. The van der Waals surface area contributed by atoms with Gasteiger partial charge in [-0.3, -0.25) is 9.59 Å². The summed E-state index contributed by atoms with van der Waals surface area (Å²) >= 11 is 0. The zero-order valence-corrected chi connectivity index (χ0v) is 16.0. The lowest BCUT2D eigenvalue weighted by Crippen LogP contribution is -2.47. The summed E-state index contributed by atoms with van der Waals surface area (Å²) in [5, 5.41) is 4.36. The number of hydrogen-bond acceptors (Lipinski definition) is 6. The van der Waals surface area contributed by atoms with Crippen LogP contribution >= 0.6 is 0 Å². The average molecular weight is 385 g/mol. The van der Waals surface area contributed by atoms with E-state index < -0.39 is 5.79 Å². The third-order valence-electron chi connectivity index (χ3n) is 5.29. The summed E-state index contributed by atoms with van der Waals surface area (Å²) in [7, 11) is 1.43. The maximum absolute atomic E-state index is 13.1. The summed E-state index contributed by atoms with van der Waals surface area (Å²) in [5.74, 6) is -0.658. The molecule has 8 nitrogen and oxygen atoms in total. The molecule has 0 N–H and O–H groups in total. The molecule has 0 bridgehead atoms. The minimum Gasteiger partial charge on any atom is -0.494 e. The van der Waals surface area contributed by atoms with Crippen LogP contribution in [0.2, 0.25) is 0 Å². The van der Waals surface area contributed by atoms with Crippen LogP contribution in [-0.2, 0) is 9.47 Å². The second kappa shape index (κ2) is 7.37. The number of piperidine rings is 1. The Kier molecular flexibility index (Phi) is 4.91. The molecule has 1 aromatic carbocycles. The molecular formula is C20H23N3O5. The summed E-state index contributed by atoms with van der Waals surface area (Å²) in [6.07, 6.45) is 1.22. The highest BCUT2D eigenvalue weighted by Gasteiger charge is 2.41. The molecule has 4 rings (SSSR count). The number of methoxy groups -OCH3 is 1. The Morgan fingerprint density at radius 1 is 1.18 bits per heavy atom. The number of aryl methyl sites for hydroxylation is 1. The van der Waals surface area contributed by atoms with Gasteiger partial charge in [0.15, 0.2) is 17.2 Å². The van der Waals surface area contributed by atoms with Crippen LogP contribution in [0.1, 0.15) is 28.9 Å². The zero-order valence-electron chi connectivity index (χ0n) is 16.0. The molecule has 0 saturated carbocycles. The predicted octanol–water partition coefficient (Wildman–Crippen LogP) is 1.53. The zero-order chi connectivity index (χ0) is 19.7. The Balaban J connectivity index is 1.65. The number of carbonyl (C=O) groups excluding carboxylic acids is 1. The predicted molar refractivity (Wildman–Crippen MR) is 101 cm³/mol. The van der Waals surface area contributed by atoms with Crippen molar-refractivity contribution in [3.05, 3.63) is 51.9 Å². The maximum atomic E-state index is 13.1. The lowest BCUT2D eigenvalue weighted by Gasteiger charge is -2.37. The molecule has 2 aliphatic heterocycles. The van der Waals surface area contributed by atoms with Crippen LogP contribution in [0.5, 0.6) is 5.75 Å². The Bertz CT molecular complexity index is 939. The lowest BCUT2D eigenvalue weighted by molar-refractivity contribution is -0.181. The molecule has 2 aromatic rings. The standard InChI is InChI=1S/C20H23N3O5/c1-14-5-3-4-6-15(14)23-17(24)13-16(26-2)18(21-23)19(25)22-9-7-20(8-10-22)27-11-12-28-20/h3-6,13H,7-12H2,1-2H3. The maximum Gasteiger partial charge on any atom is 0.278 e. The number of likely N-dealkylation sites (tertiary alicyclic amines) is 1. The molecule has 28 heavy (non-hydrogen) atoms. The molecule has 1 spiro atoms. The number of hydrogen-bond donors (Lipinski definition) is 0. The molecule has 148 valence electrons. The van der Waals surface area contributed by atoms with Gasteiger partial charge in [-0.2, -0.15) is 9.78 Å². The molecule has 1 amide bonds. The average Bonchev–Trinajstić information content (AvgIpc) is 3.16. The van der Waals surface area contributed by atoms with Crippen molar-refractivity contribution in [1.29, 1.82) is 0 Å². The highest BCUT2D eigenvalue weighted by Crippen LogP contribution is 2.32. The van der Waals surface area contributed by atoms with Crippen LogP contribution in [0.25, 0.3) is 5.69 Å². The van der Waals surface area contributed by atoms with Gasteiger partial charge >= 0.3 is 0 Å². The first kappa shape index (κ1) is 18.6. The van der Waals surface area contributed by atoms with E-state index in [1.807, 2.05) is 25.1 Å². The van der Waals surface area contributed by atoms with Gasteiger partial charge in [-0.15, -0.1) is 0 Å². The SMILES string of the molecule is COc1cc(=O)n(-c2ccccc2C)nc1C(=O)N1CCC2(CC1)OCCO2. The van der Waals surface area contributed by atoms with Gasteiger partial charge in [-0.05, 0) is 18.6 Å². The molecular weight excluding hydrogens is 362 g/mol. The number of amides is 1. The Morgan fingerprint density at radius 2 is 1.86 bits per heavy atom. The quantitative estimate of drug-likeness (QED) is 0.797. The first-order chi connectivity index (χ1) is 13.5. The van der Waals surface area contributed by atoms with Crippen molar-refractivity contribution in [2.24, 2.45) is 0 Å². The summed E-state index contributed by atoms with van der Waals surface area (Å²) in [5.41, 5.74) is 1.29. The molecule has 0 unspecified atom stereocenters. The number of nitrogens with zero attached hydrogens (tertiary/aromatic N) is 3. The monoisotopic (exact) mass is 385 g/mol. The fourth-order valence-corrected chi connectivity index (χ4v) is 3.70. The number of rotatable bonds is 3. The molecule has 1 aromatic heterocycles. The highest BCUT2D eigenvalue weighted by molar-refractivity contribution is 5.94. The Hall–Kier alpha value is -2.71. The van der Waals surface area contributed by atoms with Gasteiger partial charge in [0.2, 0.25) is 0 Å². The molecule has 0 radical (unpaired) electrons. The molecule has 8 heteroatoms. The van der Waals surface area contributed by atoms with E-state index in [4.69, 9.17) is 14.2 Å². The minimum atomic E-state index is -0.561. The largest absolute Gasteiger partial charge is 0.494 e. The van der Waals surface area contributed by atoms with E-state index in [1.165, 1.54) is 17.9 Å². The third-order valence-corrected chi connectivity index (χ3v) is 5.29. The Labute approximate surface area is 162 Å². The summed E-state index contributed by atoms with van der Waals surface area (Å²) in [6.45, 7) is 4.05. The number of benzene rings is 1. The van der Waals surface area contributed by atoms with Crippen LogP contribution in [0.3, 0.4) is 0 Å². The van der Waals surface area contributed by atoms with Crippen LogP contribution in [-0.4, -0.2) is 59.8 Å². The van der Waals surface area contributed by atoms with E-state index in [1.54, 1.807) is 11.0 Å². The van der Waals surface area contributed by atoms with E-state index in [-0.39, 0.29) is 22.9 Å². The minimum absolute atomic E-state index is 0.120. The second-order valence-corrected chi connectivity index (χ2v) is 7.00. The molecule has 2 fully saturated rings. The van der Waals surface area contributed by atoms with Crippen molar-refractivity contribution in [3.63, 3.8) is 0 Å². The number of carbonyl (C=O) groups is 1. The van der Waals surface area contributed by atoms with Gasteiger partial charge in [0.1, 0.15) is 0 Å². The van der Waals surface area contributed by atoms with E-state index in [2.05, 4.69) is 5.10 Å². The smallest absolute Gasteiger partial charge is 0.278 e. The first-order valence-corrected chi connectivity index (χ1v) is 9.34. The fourth-order valence-electron chi connectivity index (χ4n) is 3.70. The fraction of sp³-hybridized carbons (Fsp3) is 0.450. The van der Waals surface area contributed by atoms with E-state index in [9.17, 15) is 9.59 Å². The van der Waals surface area contributed by atoms with Gasteiger partial charge in [-0.1, -0.05) is 18.2 Å². The van der Waals surface area contributed by atoms with E-state index >= 15 is 0 Å². The summed E-state index contributed by atoms with van der Waals surface area (Å²) < 4.78 is 18.0. The molecule has 3 heterocycles. The van der Waals surface area contributed by atoms with Crippen molar-refractivity contribution in [2.75, 3.05) is 33.4 Å². The normalized spacial score (nSPS) is 18.4. The van der Waals surface area contributed by atoms with Gasteiger partial charge in [0, 0.05) is 25.9 Å². The van der Waals surface area contributed by atoms with Gasteiger partial charge < -0.3 is 19.1 Å². The van der Waals surface area contributed by atoms with Crippen molar-refractivity contribution in [3.8, 4) is 11.4 Å².